The van der Waals surface area contributed by atoms with Gasteiger partial charge in [0.1, 0.15) is 11.9 Å². The molecule has 0 fully saturated rings. The van der Waals surface area contributed by atoms with Crippen molar-refractivity contribution in [3.8, 4) is 6.07 Å². The number of carboxylic acid groups (broad SMARTS) is 1. The number of aromatic carboxylic acids is 1. The van der Waals surface area contributed by atoms with Crippen LogP contribution in [0.2, 0.25) is 5.02 Å². The molecule has 1 heterocycles. The molecule has 0 amide bonds. The molecule has 0 radical (unpaired) electrons. The topological polar surface area (TPSA) is 86.0 Å². The van der Waals surface area contributed by atoms with Gasteiger partial charge in [-0.1, -0.05) is 11.6 Å². The first-order valence-electron chi connectivity index (χ1n) is 5.26. The van der Waals surface area contributed by atoms with E-state index in [1.165, 1.54) is 18.3 Å². The van der Waals surface area contributed by atoms with Crippen molar-refractivity contribution in [2.24, 2.45) is 0 Å². The van der Waals surface area contributed by atoms with Gasteiger partial charge in [0.15, 0.2) is 0 Å². The van der Waals surface area contributed by atoms with Crippen molar-refractivity contribution >= 4 is 29.1 Å². The minimum absolute atomic E-state index is 0.109. The molecule has 0 unspecified atom stereocenters. The Morgan fingerprint density at radius 1 is 1.37 bits per heavy atom. The standard InChI is InChI=1S/C13H8ClN3O2/c14-10-2-1-9(7-15)11(6-10)17-12-5-8(13(18)19)3-4-16-12/h1-6H,(H,16,17)(H,18,19). The van der Waals surface area contributed by atoms with Crippen molar-refractivity contribution < 1.29 is 9.90 Å². The molecular weight excluding hydrogens is 266 g/mol. The highest BCUT2D eigenvalue weighted by Gasteiger charge is 2.07. The lowest BCUT2D eigenvalue weighted by Crippen LogP contribution is -2.00. The molecule has 5 nitrogen and oxygen atoms in total. The Morgan fingerprint density at radius 2 is 2.16 bits per heavy atom. The summed E-state index contributed by atoms with van der Waals surface area (Å²) in [5.41, 5.74) is 0.981. The van der Waals surface area contributed by atoms with Crippen LogP contribution in [0, 0.1) is 11.3 Å². The van der Waals surface area contributed by atoms with Gasteiger partial charge in [0.05, 0.1) is 16.8 Å². The fraction of sp³-hybridized carbons (Fsp3) is 0. The van der Waals surface area contributed by atoms with Crippen LogP contribution in [0.25, 0.3) is 0 Å². The third-order valence-electron chi connectivity index (χ3n) is 2.37. The number of anilines is 2. The minimum Gasteiger partial charge on any atom is -0.478 e. The zero-order valence-corrected chi connectivity index (χ0v) is 10.3. The molecule has 0 aliphatic heterocycles. The minimum atomic E-state index is -1.04. The fourth-order valence-electron chi connectivity index (χ4n) is 1.49. The van der Waals surface area contributed by atoms with Crippen LogP contribution >= 0.6 is 11.6 Å². The van der Waals surface area contributed by atoms with Gasteiger partial charge in [-0.15, -0.1) is 0 Å². The Morgan fingerprint density at radius 3 is 2.84 bits per heavy atom. The summed E-state index contributed by atoms with van der Waals surface area (Å²) in [6, 6.07) is 9.54. The van der Waals surface area contributed by atoms with Gasteiger partial charge in [-0.25, -0.2) is 9.78 Å². The molecule has 0 saturated carbocycles. The van der Waals surface area contributed by atoms with E-state index in [2.05, 4.69) is 10.3 Å². The van der Waals surface area contributed by atoms with Crippen molar-refractivity contribution in [3.05, 3.63) is 52.7 Å². The number of carbonyl (C=O) groups is 1. The van der Waals surface area contributed by atoms with Crippen LogP contribution in [-0.2, 0) is 0 Å². The number of nitrogens with zero attached hydrogens (tertiary/aromatic N) is 2. The van der Waals surface area contributed by atoms with Gasteiger partial charge in [-0.3, -0.25) is 0 Å². The molecule has 0 atom stereocenters. The number of hydrogen-bond acceptors (Lipinski definition) is 4. The molecule has 0 bridgehead atoms. The van der Waals surface area contributed by atoms with Crippen LogP contribution in [0.3, 0.4) is 0 Å². The van der Waals surface area contributed by atoms with Crippen LogP contribution in [0.15, 0.2) is 36.5 Å². The average molecular weight is 274 g/mol. The van der Waals surface area contributed by atoms with Crippen molar-refractivity contribution in [1.29, 1.82) is 5.26 Å². The summed E-state index contributed by atoms with van der Waals surface area (Å²) in [5.74, 6) is -0.712. The molecule has 6 heteroatoms. The van der Waals surface area contributed by atoms with Gasteiger partial charge >= 0.3 is 5.97 Å². The molecule has 0 spiro atoms. The Hall–Kier alpha value is -2.58. The van der Waals surface area contributed by atoms with Crippen molar-refractivity contribution in [3.63, 3.8) is 0 Å². The highest BCUT2D eigenvalue weighted by atomic mass is 35.5. The normalized spacial score (nSPS) is 9.68. The first kappa shape index (κ1) is 12.9. The maximum absolute atomic E-state index is 10.9. The molecule has 2 rings (SSSR count). The lowest BCUT2D eigenvalue weighted by atomic mass is 10.2. The molecule has 0 saturated heterocycles. The summed E-state index contributed by atoms with van der Waals surface area (Å²) >= 11 is 5.86. The molecule has 0 aliphatic carbocycles. The molecule has 2 aromatic rings. The summed E-state index contributed by atoms with van der Waals surface area (Å²) in [6.45, 7) is 0. The predicted molar refractivity (Wildman–Crippen MR) is 70.6 cm³/mol. The van der Waals surface area contributed by atoms with Gasteiger partial charge in [-0.2, -0.15) is 5.26 Å². The second kappa shape index (κ2) is 5.38. The van der Waals surface area contributed by atoms with Crippen LogP contribution in [-0.4, -0.2) is 16.1 Å². The molecule has 1 aromatic carbocycles. The molecule has 2 N–H and O–H groups in total. The van der Waals surface area contributed by atoms with E-state index in [-0.39, 0.29) is 5.56 Å². The van der Waals surface area contributed by atoms with Crippen LogP contribution < -0.4 is 5.32 Å². The third kappa shape index (κ3) is 3.00. The molecule has 94 valence electrons. The quantitative estimate of drug-likeness (QED) is 0.897. The monoisotopic (exact) mass is 273 g/mol. The summed E-state index contributed by atoms with van der Waals surface area (Å²) in [7, 11) is 0. The van der Waals surface area contributed by atoms with E-state index in [1.807, 2.05) is 6.07 Å². The fourth-order valence-corrected chi connectivity index (χ4v) is 1.66. The van der Waals surface area contributed by atoms with E-state index in [1.54, 1.807) is 18.2 Å². The first-order chi connectivity index (χ1) is 9.10. The number of aromatic nitrogens is 1. The number of nitriles is 1. The van der Waals surface area contributed by atoms with Gasteiger partial charge < -0.3 is 10.4 Å². The highest BCUT2D eigenvalue weighted by Crippen LogP contribution is 2.23. The van der Waals surface area contributed by atoms with Crippen molar-refractivity contribution in [2.45, 2.75) is 0 Å². The van der Waals surface area contributed by atoms with E-state index < -0.39 is 5.97 Å². The second-order valence-electron chi connectivity index (χ2n) is 3.66. The van der Waals surface area contributed by atoms with E-state index in [0.29, 0.717) is 22.1 Å². The number of pyridine rings is 1. The maximum Gasteiger partial charge on any atom is 0.335 e. The summed E-state index contributed by atoms with van der Waals surface area (Å²) in [6.07, 6.45) is 1.38. The van der Waals surface area contributed by atoms with Crippen LogP contribution in [0.5, 0.6) is 0 Å². The summed E-state index contributed by atoms with van der Waals surface area (Å²) < 4.78 is 0. The van der Waals surface area contributed by atoms with E-state index in [9.17, 15) is 4.79 Å². The number of hydrogen-bond donors (Lipinski definition) is 2. The first-order valence-corrected chi connectivity index (χ1v) is 5.64. The lowest BCUT2D eigenvalue weighted by molar-refractivity contribution is 0.0697. The molecule has 0 aliphatic rings. The van der Waals surface area contributed by atoms with Crippen molar-refractivity contribution in [2.75, 3.05) is 5.32 Å². The predicted octanol–water partition coefficient (Wildman–Crippen LogP) is 3.05. The molecule has 19 heavy (non-hydrogen) atoms. The van der Waals surface area contributed by atoms with Crippen LogP contribution in [0.1, 0.15) is 15.9 Å². The zero-order chi connectivity index (χ0) is 13.8. The SMILES string of the molecule is N#Cc1ccc(Cl)cc1Nc1cc(C(=O)O)ccn1. The lowest BCUT2D eigenvalue weighted by Gasteiger charge is -2.08. The second-order valence-corrected chi connectivity index (χ2v) is 4.10. The van der Waals surface area contributed by atoms with Gasteiger partial charge in [0.25, 0.3) is 0 Å². The Balaban J connectivity index is 2.36. The Bertz CT molecular complexity index is 680. The molecule has 1 aromatic heterocycles. The van der Waals surface area contributed by atoms with Gasteiger partial charge in [0, 0.05) is 11.2 Å². The average Bonchev–Trinajstić information content (AvgIpc) is 2.39. The van der Waals surface area contributed by atoms with Crippen LogP contribution in [0.4, 0.5) is 11.5 Å². The zero-order valence-electron chi connectivity index (χ0n) is 9.59. The van der Waals surface area contributed by atoms with E-state index >= 15 is 0 Å². The largest absolute Gasteiger partial charge is 0.478 e. The Labute approximate surface area is 114 Å². The van der Waals surface area contributed by atoms with E-state index in [4.69, 9.17) is 22.0 Å². The maximum atomic E-state index is 10.9. The number of nitrogens with one attached hydrogen (secondary N) is 1. The number of rotatable bonds is 3. The number of halogens is 1. The summed E-state index contributed by atoms with van der Waals surface area (Å²) in [4.78, 5) is 14.8. The van der Waals surface area contributed by atoms with Gasteiger partial charge in [-0.05, 0) is 30.3 Å². The number of carboxylic acids is 1. The summed E-state index contributed by atoms with van der Waals surface area (Å²) in [5, 5.41) is 21.2. The van der Waals surface area contributed by atoms with Crippen molar-refractivity contribution in [1.82, 2.24) is 4.98 Å². The Kier molecular flexibility index (Phi) is 3.64. The highest BCUT2D eigenvalue weighted by molar-refractivity contribution is 6.30. The smallest absolute Gasteiger partial charge is 0.335 e. The van der Waals surface area contributed by atoms with Gasteiger partial charge in [0.2, 0.25) is 0 Å². The third-order valence-corrected chi connectivity index (χ3v) is 2.61. The molecular formula is C13H8ClN3O2. The number of benzene rings is 1. The van der Waals surface area contributed by atoms with E-state index in [0.717, 1.165) is 0 Å².